The zero-order chi connectivity index (χ0) is 20.4. The van der Waals surface area contributed by atoms with E-state index in [1.807, 2.05) is 6.92 Å². The highest BCUT2D eigenvalue weighted by atomic mass is 32.2. The van der Waals surface area contributed by atoms with Crippen LogP contribution in [0.25, 0.3) is 0 Å². The van der Waals surface area contributed by atoms with E-state index in [2.05, 4.69) is 20.2 Å². The van der Waals surface area contributed by atoms with Gasteiger partial charge in [0.05, 0.1) is 16.4 Å². The number of carbonyl (C=O) groups is 1. The van der Waals surface area contributed by atoms with Gasteiger partial charge in [-0.3, -0.25) is 10.1 Å². The minimum Gasteiger partial charge on any atom is -0.296 e. The van der Waals surface area contributed by atoms with Crippen LogP contribution in [-0.4, -0.2) is 56.2 Å². The van der Waals surface area contributed by atoms with E-state index in [1.54, 1.807) is 0 Å². The lowest BCUT2D eigenvalue weighted by Crippen LogP contribution is -2.35. The van der Waals surface area contributed by atoms with Crippen LogP contribution in [0.1, 0.15) is 23.7 Å². The maximum Gasteiger partial charge on any atom is 0.257 e. The Labute approximate surface area is 171 Å². The Balaban J connectivity index is 1.72. The van der Waals surface area contributed by atoms with Crippen molar-refractivity contribution in [1.82, 2.24) is 14.9 Å². The van der Waals surface area contributed by atoms with Crippen molar-refractivity contribution in [3.05, 3.63) is 29.8 Å². The molecule has 1 aliphatic heterocycles. The quantitative estimate of drug-likeness (QED) is 0.465. The SMILES string of the molecule is CCSc1nnc(NC(=O)c2cccc(S(=O)(=O)NC3CCS(=O)(=O)C3)c2)s1. The predicted molar refractivity (Wildman–Crippen MR) is 108 cm³/mol. The van der Waals surface area contributed by atoms with E-state index in [0.29, 0.717) is 5.13 Å². The number of anilines is 1. The lowest BCUT2D eigenvalue weighted by molar-refractivity contribution is 0.102. The van der Waals surface area contributed by atoms with Crippen LogP contribution in [0.3, 0.4) is 0 Å². The van der Waals surface area contributed by atoms with Crippen LogP contribution in [-0.2, 0) is 19.9 Å². The standard InChI is InChI=1S/C15H18N4O5S4/c1-2-25-15-18-17-14(26-15)16-13(20)10-4-3-5-12(8-10)28(23,24)19-11-6-7-27(21,22)9-11/h3-5,8,11,19H,2,6-7,9H2,1H3,(H,16,17,20). The third-order valence-corrected chi connectivity index (χ3v) is 9.00. The number of aromatic nitrogens is 2. The van der Waals surface area contributed by atoms with Crippen LogP contribution < -0.4 is 10.0 Å². The van der Waals surface area contributed by atoms with Gasteiger partial charge in [-0.05, 0) is 30.4 Å². The summed E-state index contributed by atoms with van der Waals surface area (Å²) in [6.07, 6.45) is 0.233. The molecule has 3 rings (SSSR count). The molecule has 1 atom stereocenters. The van der Waals surface area contributed by atoms with Crippen molar-refractivity contribution in [1.29, 1.82) is 0 Å². The monoisotopic (exact) mass is 462 g/mol. The highest BCUT2D eigenvalue weighted by Gasteiger charge is 2.31. The molecule has 28 heavy (non-hydrogen) atoms. The van der Waals surface area contributed by atoms with Crippen LogP contribution in [0, 0.1) is 0 Å². The second-order valence-electron chi connectivity index (χ2n) is 6.01. The number of amides is 1. The van der Waals surface area contributed by atoms with Crippen molar-refractivity contribution >= 4 is 54.0 Å². The molecule has 1 saturated heterocycles. The molecule has 9 nitrogen and oxygen atoms in total. The van der Waals surface area contributed by atoms with Gasteiger partial charge in [0.1, 0.15) is 0 Å². The summed E-state index contributed by atoms with van der Waals surface area (Å²) in [5, 5.41) is 10.7. The molecule has 0 aliphatic carbocycles. The number of nitrogens with zero attached hydrogens (tertiary/aromatic N) is 2. The van der Waals surface area contributed by atoms with E-state index in [-0.39, 0.29) is 28.4 Å². The molecule has 1 aliphatic rings. The number of sulfonamides is 1. The van der Waals surface area contributed by atoms with Crippen molar-refractivity contribution in [2.75, 3.05) is 22.6 Å². The second-order valence-corrected chi connectivity index (χ2v) is 12.4. The molecular formula is C15H18N4O5S4. The fraction of sp³-hybridized carbons (Fsp3) is 0.400. The summed E-state index contributed by atoms with van der Waals surface area (Å²) in [6, 6.07) is 4.86. The first kappa shape index (κ1) is 21.2. The summed E-state index contributed by atoms with van der Waals surface area (Å²) in [5.74, 6) is 0.0620. The molecule has 2 heterocycles. The normalized spacial score (nSPS) is 18.8. The molecule has 2 N–H and O–H groups in total. The average molecular weight is 463 g/mol. The summed E-state index contributed by atoms with van der Waals surface area (Å²) in [5.41, 5.74) is 0.141. The summed E-state index contributed by atoms with van der Waals surface area (Å²) < 4.78 is 51.3. The van der Waals surface area contributed by atoms with E-state index in [1.165, 1.54) is 47.4 Å². The Hall–Kier alpha value is -1.54. The molecule has 0 saturated carbocycles. The van der Waals surface area contributed by atoms with Crippen LogP contribution in [0.4, 0.5) is 5.13 Å². The van der Waals surface area contributed by atoms with E-state index >= 15 is 0 Å². The minimum atomic E-state index is -3.95. The first-order valence-electron chi connectivity index (χ1n) is 8.29. The number of nitrogens with one attached hydrogen (secondary N) is 2. The lowest BCUT2D eigenvalue weighted by Gasteiger charge is -2.12. The van der Waals surface area contributed by atoms with E-state index in [9.17, 15) is 21.6 Å². The molecule has 13 heteroatoms. The third kappa shape index (κ3) is 5.29. The molecule has 1 amide bonds. The third-order valence-electron chi connectivity index (χ3n) is 3.86. The topological polar surface area (TPSA) is 135 Å². The van der Waals surface area contributed by atoms with Crippen molar-refractivity contribution < 1.29 is 21.6 Å². The number of rotatable bonds is 7. The maximum atomic E-state index is 12.5. The first-order chi connectivity index (χ1) is 13.2. The van der Waals surface area contributed by atoms with Gasteiger partial charge >= 0.3 is 0 Å². The van der Waals surface area contributed by atoms with Gasteiger partial charge in [-0.25, -0.2) is 21.6 Å². The Morgan fingerprint density at radius 1 is 1.36 bits per heavy atom. The predicted octanol–water partition coefficient (Wildman–Crippen LogP) is 1.37. The second kappa shape index (κ2) is 8.45. The van der Waals surface area contributed by atoms with Gasteiger partial charge in [-0.15, -0.1) is 10.2 Å². The number of hydrogen-bond donors (Lipinski definition) is 2. The Bertz CT molecular complexity index is 1080. The number of thioether (sulfide) groups is 1. The van der Waals surface area contributed by atoms with Crippen LogP contribution in [0.2, 0.25) is 0 Å². The first-order valence-corrected chi connectivity index (χ1v) is 13.4. The highest BCUT2D eigenvalue weighted by molar-refractivity contribution is 8.01. The molecule has 1 aromatic carbocycles. The van der Waals surface area contributed by atoms with Crippen LogP contribution >= 0.6 is 23.1 Å². The maximum absolute atomic E-state index is 12.5. The number of sulfone groups is 1. The van der Waals surface area contributed by atoms with Gasteiger partial charge in [0, 0.05) is 11.6 Å². The summed E-state index contributed by atoms with van der Waals surface area (Å²) in [4.78, 5) is 12.3. The molecule has 0 bridgehead atoms. The Morgan fingerprint density at radius 2 is 2.14 bits per heavy atom. The van der Waals surface area contributed by atoms with E-state index in [4.69, 9.17) is 0 Å². The summed E-state index contributed by atoms with van der Waals surface area (Å²) >= 11 is 2.74. The van der Waals surface area contributed by atoms with Crippen molar-refractivity contribution in [3.63, 3.8) is 0 Å². The molecule has 0 radical (unpaired) electrons. The number of carbonyl (C=O) groups excluding carboxylic acids is 1. The van der Waals surface area contributed by atoms with Gasteiger partial charge in [0.2, 0.25) is 15.2 Å². The molecular weight excluding hydrogens is 444 g/mol. The lowest BCUT2D eigenvalue weighted by atomic mass is 10.2. The molecule has 1 fully saturated rings. The number of hydrogen-bond acceptors (Lipinski definition) is 9. The van der Waals surface area contributed by atoms with E-state index < -0.39 is 31.8 Å². The molecule has 0 spiro atoms. The average Bonchev–Trinajstić information content (AvgIpc) is 3.20. The molecule has 2 aromatic rings. The van der Waals surface area contributed by atoms with Crippen LogP contribution in [0.15, 0.2) is 33.5 Å². The van der Waals surface area contributed by atoms with Crippen LogP contribution in [0.5, 0.6) is 0 Å². The summed E-state index contributed by atoms with van der Waals surface area (Å²) in [7, 11) is -7.16. The van der Waals surface area contributed by atoms with Gasteiger partial charge in [0.25, 0.3) is 5.91 Å². The fourth-order valence-corrected chi connectivity index (χ4v) is 7.33. The van der Waals surface area contributed by atoms with Crippen molar-refractivity contribution in [2.45, 2.75) is 28.6 Å². The largest absolute Gasteiger partial charge is 0.296 e. The van der Waals surface area contributed by atoms with Crippen molar-refractivity contribution in [3.8, 4) is 0 Å². The van der Waals surface area contributed by atoms with Crippen molar-refractivity contribution in [2.24, 2.45) is 0 Å². The summed E-state index contributed by atoms with van der Waals surface area (Å²) in [6.45, 7) is 1.98. The van der Waals surface area contributed by atoms with Gasteiger partial charge in [-0.1, -0.05) is 36.1 Å². The van der Waals surface area contributed by atoms with Gasteiger partial charge in [0.15, 0.2) is 14.2 Å². The zero-order valence-corrected chi connectivity index (χ0v) is 18.0. The Kier molecular flexibility index (Phi) is 6.39. The molecule has 152 valence electrons. The van der Waals surface area contributed by atoms with Gasteiger partial charge < -0.3 is 0 Å². The highest BCUT2D eigenvalue weighted by Crippen LogP contribution is 2.25. The molecule has 1 aromatic heterocycles. The fourth-order valence-electron chi connectivity index (χ4n) is 2.59. The number of benzene rings is 1. The minimum absolute atomic E-state index is 0.0389. The van der Waals surface area contributed by atoms with E-state index in [0.717, 1.165) is 10.1 Å². The Morgan fingerprint density at radius 3 is 2.82 bits per heavy atom. The van der Waals surface area contributed by atoms with Gasteiger partial charge in [-0.2, -0.15) is 0 Å². The molecule has 1 unspecified atom stereocenters. The zero-order valence-electron chi connectivity index (χ0n) is 14.8. The smallest absolute Gasteiger partial charge is 0.257 e.